The maximum absolute atomic E-state index is 13.1. The number of alkyl halides is 3. The Bertz CT molecular complexity index is 1230. The summed E-state index contributed by atoms with van der Waals surface area (Å²) >= 11 is 0. The number of amides is 1. The molecule has 1 saturated carbocycles. The number of para-hydroxylation sites is 1. The predicted octanol–water partition coefficient (Wildman–Crippen LogP) is 4.81. The van der Waals surface area contributed by atoms with Crippen LogP contribution in [0.15, 0.2) is 60.7 Å². The molecule has 1 aliphatic carbocycles. The molecule has 4 rings (SSSR count). The molecule has 1 aliphatic rings. The highest BCUT2D eigenvalue weighted by molar-refractivity contribution is 5.95. The molecule has 0 aliphatic heterocycles. The number of aromatic nitrogens is 1. The number of methoxy groups -OCH3 is 1. The van der Waals surface area contributed by atoms with Crippen LogP contribution in [-0.2, 0) is 16.2 Å². The van der Waals surface area contributed by atoms with E-state index in [1.807, 2.05) is 36.4 Å². The van der Waals surface area contributed by atoms with Crippen LogP contribution in [0.3, 0.4) is 0 Å². The predicted molar refractivity (Wildman–Crippen MR) is 126 cm³/mol. The number of ether oxygens (including phenoxy) is 1. The Labute approximate surface area is 206 Å². The Kier molecular flexibility index (Phi) is 7.73. The summed E-state index contributed by atoms with van der Waals surface area (Å²) in [5, 5.41) is 5.06. The molecule has 190 valence electrons. The second-order valence-electron chi connectivity index (χ2n) is 8.62. The van der Waals surface area contributed by atoms with Crippen LogP contribution in [-0.4, -0.2) is 47.3 Å². The monoisotopic (exact) mass is 501 g/mol. The van der Waals surface area contributed by atoms with Crippen molar-refractivity contribution in [3.05, 3.63) is 71.9 Å². The Morgan fingerprint density at radius 3 is 2.50 bits per heavy atom. The lowest BCUT2D eigenvalue weighted by molar-refractivity contribution is -0.235. The third kappa shape index (κ3) is 6.12. The third-order valence-corrected chi connectivity index (χ3v) is 6.19. The van der Waals surface area contributed by atoms with Crippen LogP contribution < -0.4 is 10.1 Å². The first-order valence-corrected chi connectivity index (χ1v) is 11.6. The van der Waals surface area contributed by atoms with Crippen molar-refractivity contribution in [2.45, 2.75) is 50.5 Å². The Morgan fingerprint density at radius 2 is 1.78 bits per heavy atom. The number of benzene rings is 2. The van der Waals surface area contributed by atoms with E-state index in [4.69, 9.17) is 4.74 Å². The molecule has 1 heterocycles. The highest BCUT2D eigenvalue weighted by Gasteiger charge is 2.45. The number of nitrogens with zero attached hydrogens (tertiary/aromatic N) is 2. The number of carbonyl (C=O) groups excluding carboxylic acids is 2. The van der Waals surface area contributed by atoms with Crippen LogP contribution in [0.4, 0.5) is 13.2 Å². The maximum Gasteiger partial charge on any atom is 0.493 e. The van der Waals surface area contributed by atoms with Crippen molar-refractivity contribution in [1.82, 2.24) is 15.4 Å². The third-order valence-electron chi connectivity index (χ3n) is 6.19. The molecule has 0 saturated heterocycles. The van der Waals surface area contributed by atoms with Crippen molar-refractivity contribution in [2.24, 2.45) is 0 Å². The minimum Gasteiger partial charge on any atom is -0.497 e. The first-order valence-electron chi connectivity index (χ1n) is 11.6. The van der Waals surface area contributed by atoms with Crippen molar-refractivity contribution < 1.29 is 32.3 Å². The van der Waals surface area contributed by atoms with Crippen LogP contribution in [0, 0.1) is 0 Å². The zero-order valence-corrected chi connectivity index (χ0v) is 19.6. The van der Waals surface area contributed by atoms with E-state index in [0.29, 0.717) is 43.0 Å². The van der Waals surface area contributed by atoms with E-state index in [2.05, 4.69) is 15.1 Å². The van der Waals surface area contributed by atoms with Gasteiger partial charge in [0.2, 0.25) is 0 Å². The van der Waals surface area contributed by atoms with Crippen molar-refractivity contribution in [3.63, 3.8) is 0 Å². The molecule has 0 atom stereocenters. The molecule has 1 aromatic heterocycles. The minimum atomic E-state index is -5.22. The summed E-state index contributed by atoms with van der Waals surface area (Å²) in [5.74, 6) is -2.90. The summed E-state index contributed by atoms with van der Waals surface area (Å²) in [5.41, 5.74) is 1.84. The quantitative estimate of drug-likeness (QED) is 0.489. The highest BCUT2D eigenvalue weighted by Crippen LogP contribution is 2.28. The molecular weight excluding hydrogens is 475 g/mol. The Hall–Kier alpha value is -3.66. The van der Waals surface area contributed by atoms with E-state index in [1.54, 1.807) is 6.07 Å². The molecule has 7 nitrogen and oxygen atoms in total. The first kappa shape index (κ1) is 25.4. The zero-order chi connectivity index (χ0) is 25.7. The lowest BCUT2D eigenvalue weighted by atomic mass is 9.90. The molecule has 10 heteroatoms. The number of carbonyl (C=O) groups is 2. The van der Waals surface area contributed by atoms with Gasteiger partial charge >= 0.3 is 12.1 Å². The number of fused-ring (bicyclic) bond motifs is 1. The SMILES string of the molecule is COc1cccc(C(=O)N(OC(=O)C(F)(F)F)C2CCC(NCc3ccc4ccccc4n3)CC2)c1. The fraction of sp³-hybridized carbons (Fsp3) is 0.346. The number of halogens is 3. The summed E-state index contributed by atoms with van der Waals surface area (Å²) in [6.07, 6.45) is -3.32. The van der Waals surface area contributed by atoms with Gasteiger partial charge in [-0.05, 0) is 56.0 Å². The lowest BCUT2D eigenvalue weighted by Crippen LogP contribution is -2.47. The number of rotatable bonds is 6. The van der Waals surface area contributed by atoms with Gasteiger partial charge in [0, 0.05) is 23.5 Å². The van der Waals surface area contributed by atoms with Crippen LogP contribution in [0.2, 0.25) is 0 Å². The smallest absolute Gasteiger partial charge is 0.493 e. The number of hydrogen-bond donors (Lipinski definition) is 1. The van der Waals surface area contributed by atoms with E-state index >= 15 is 0 Å². The van der Waals surface area contributed by atoms with Gasteiger partial charge in [0.25, 0.3) is 5.91 Å². The van der Waals surface area contributed by atoms with Gasteiger partial charge in [-0.3, -0.25) is 9.78 Å². The summed E-state index contributed by atoms with van der Waals surface area (Å²) in [6.45, 7) is 0.537. The number of hydrogen-bond acceptors (Lipinski definition) is 6. The minimum absolute atomic E-state index is 0.0620. The van der Waals surface area contributed by atoms with Crippen LogP contribution in [0.1, 0.15) is 41.7 Å². The Balaban J connectivity index is 1.41. The Morgan fingerprint density at radius 1 is 1.03 bits per heavy atom. The molecule has 1 amide bonds. The molecule has 0 unspecified atom stereocenters. The van der Waals surface area contributed by atoms with Crippen molar-refractivity contribution in [3.8, 4) is 5.75 Å². The van der Waals surface area contributed by atoms with E-state index in [9.17, 15) is 22.8 Å². The van der Waals surface area contributed by atoms with Gasteiger partial charge in [0.05, 0.1) is 24.4 Å². The molecule has 0 spiro atoms. The van der Waals surface area contributed by atoms with Crippen molar-refractivity contribution >= 4 is 22.8 Å². The van der Waals surface area contributed by atoms with Gasteiger partial charge in [-0.15, -0.1) is 0 Å². The molecule has 0 radical (unpaired) electrons. The van der Waals surface area contributed by atoms with Crippen LogP contribution in [0.25, 0.3) is 10.9 Å². The number of hydroxylamine groups is 2. The highest BCUT2D eigenvalue weighted by atomic mass is 19.4. The zero-order valence-electron chi connectivity index (χ0n) is 19.6. The molecule has 3 aromatic rings. The molecule has 36 heavy (non-hydrogen) atoms. The molecule has 0 bridgehead atoms. The fourth-order valence-electron chi connectivity index (χ4n) is 4.28. The maximum atomic E-state index is 13.1. The summed E-state index contributed by atoms with van der Waals surface area (Å²) in [7, 11) is 1.41. The van der Waals surface area contributed by atoms with Gasteiger partial charge in [0.1, 0.15) is 5.75 Å². The normalized spacial score (nSPS) is 18.0. The summed E-state index contributed by atoms with van der Waals surface area (Å²) in [4.78, 5) is 33.9. The molecule has 1 fully saturated rings. The van der Waals surface area contributed by atoms with Crippen molar-refractivity contribution in [1.29, 1.82) is 0 Å². The topological polar surface area (TPSA) is 80.8 Å². The summed E-state index contributed by atoms with van der Waals surface area (Å²) < 4.78 is 43.9. The number of pyridine rings is 1. The standard InChI is InChI=1S/C26H26F3N3O4/c1-35-22-7-4-6-18(15-22)24(33)32(36-25(34)26(27,28)29)21-13-11-19(12-14-21)30-16-20-10-9-17-5-2-3-8-23(17)31-20/h2-10,15,19,21,30H,11-14,16H2,1H3. The van der Waals surface area contributed by atoms with Crippen LogP contribution >= 0.6 is 0 Å². The molecule has 2 aromatic carbocycles. The lowest BCUT2D eigenvalue weighted by Gasteiger charge is -2.35. The second-order valence-corrected chi connectivity index (χ2v) is 8.62. The average Bonchev–Trinajstić information content (AvgIpc) is 2.89. The van der Waals surface area contributed by atoms with Crippen LogP contribution in [0.5, 0.6) is 5.75 Å². The van der Waals surface area contributed by atoms with Gasteiger partial charge in [-0.2, -0.15) is 18.2 Å². The van der Waals surface area contributed by atoms with E-state index < -0.39 is 24.1 Å². The largest absolute Gasteiger partial charge is 0.497 e. The van der Waals surface area contributed by atoms with Crippen molar-refractivity contribution in [2.75, 3.05) is 7.11 Å². The van der Waals surface area contributed by atoms with E-state index in [0.717, 1.165) is 16.6 Å². The fourth-order valence-corrected chi connectivity index (χ4v) is 4.28. The number of nitrogens with one attached hydrogen (secondary N) is 1. The summed E-state index contributed by atoms with van der Waals surface area (Å²) in [6, 6.07) is 17.1. The second kappa shape index (κ2) is 10.9. The van der Waals surface area contributed by atoms with E-state index in [1.165, 1.54) is 25.3 Å². The van der Waals surface area contributed by atoms with Gasteiger partial charge < -0.3 is 14.9 Å². The van der Waals surface area contributed by atoms with Gasteiger partial charge in [-0.25, -0.2) is 4.79 Å². The van der Waals surface area contributed by atoms with Gasteiger partial charge in [0.15, 0.2) is 0 Å². The van der Waals surface area contributed by atoms with E-state index in [-0.39, 0.29) is 11.6 Å². The molecular formula is C26H26F3N3O4. The van der Waals surface area contributed by atoms with Gasteiger partial charge in [-0.1, -0.05) is 30.3 Å². The average molecular weight is 502 g/mol. The molecule has 1 N–H and O–H groups in total. The first-order chi connectivity index (χ1) is 17.2.